The number of oxime groups is 1. The average Bonchev–Trinajstić information content (AvgIpc) is 2.69. The van der Waals surface area contributed by atoms with Gasteiger partial charge in [0, 0.05) is 11.1 Å². The van der Waals surface area contributed by atoms with Crippen molar-refractivity contribution in [3.8, 4) is 5.75 Å². The summed E-state index contributed by atoms with van der Waals surface area (Å²) in [7, 11) is 0. The van der Waals surface area contributed by atoms with E-state index in [1.807, 2.05) is 6.07 Å². The van der Waals surface area contributed by atoms with Crippen molar-refractivity contribution in [1.29, 1.82) is 0 Å². The van der Waals surface area contributed by atoms with Gasteiger partial charge in [-0.05, 0) is 18.9 Å². The lowest BCUT2D eigenvalue weighted by Crippen LogP contribution is -2.20. The zero-order chi connectivity index (χ0) is 11.5. The van der Waals surface area contributed by atoms with Gasteiger partial charge in [0.05, 0.1) is 5.71 Å². The van der Waals surface area contributed by atoms with E-state index in [4.69, 9.17) is 15.7 Å². The maximum Gasteiger partial charge on any atom is 0.255 e. The van der Waals surface area contributed by atoms with Crippen LogP contribution in [-0.4, -0.2) is 23.4 Å². The van der Waals surface area contributed by atoms with Gasteiger partial charge in [0.25, 0.3) is 5.91 Å². The van der Waals surface area contributed by atoms with Crippen LogP contribution in [0.3, 0.4) is 0 Å². The van der Waals surface area contributed by atoms with Crippen molar-refractivity contribution < 1.29 is 14.7 Å². The van der Waals surface area contributed by atoms with E-state index in [9.17, 15) is 4.79 Å². The largest absolute Gasteiger partial charge is 0.483 e. The minimum absolute atomic E-state index is 0.137. The molecule has 16 heavy (non-hydrogen) atoms. The number of nitrogens with zero attached hydrogens (tertiary/aromatic N) is 1. The molecular weight excluding hydrogens is 208 g/mol. The number of nitrogens with two attached hydrogens (primary N) is 1. The predicted octanol–water partition coefficient (Wildman–Crippen LogP) is 0.675. The smallest absolute Gasteiger partial charge is 0.255 e. The van der Waals surface area contributed by atoms with Crippen molar-refractivity contribution in [2.45, 2.75) is 12.8 Å². The Morgan fingerprint density at radius 1 is 1.50 bits per heavy atom. The van der Waals surface area contributed by atoms with E-state index in [1.165, 1.54) is 0 Å². The molecule has 1 aliphatic rings. The molecule has 0 saturated heterocycles. The van der Waals surface area contributed by atoms with Gasteiger partial charge in [-0.1, -0.05) is 17.3 Å². The predicted molar refractivity (Wildman–Crippen MR) is 57.8 cm³/mol. The van der Waals surface area contributed by atoms with E-state index in [-0.39, 0.29) is 6.61 Å². The highest BCUT2D eigenvalue weighted by Gasteiger charge is 2.21. The van der Waals surface area contributed by atoms with Crippen LogP contribution in [0, 0.1) is 0 Å². The van der Waals surface area contributed by atoms with Crippen LogP contribution < -0.4 is 10.5 Å². The quantitative estimate of drug-likeness (QED) is 0.580. The third kappa shape index (κ3) is 1.84. The molecule has 0 atom stereocenters. The Kier molecular flexibility index (Phi) is 2.76. The molecule has 1 aromatic rings. The third-order valence-electron chi connectivity index (χ3n) is 2.55. The van der Waals surface area contributed by atoms with E-state index >= 15 is 0 Å². The highest BCUT2D eigenvalue weighted by atomic mass is 16.5. The molecule has 1 aliphatic carbocycles. The number of carbonyl (C=O) groups is 1. The number of ether oxygens (including phenoxy) is 1. The fourth-order valence-electron chi connectivity index (χ4n) is 1.86. The number of benzene rings is 1. The first-order chi connectivity index (χ1) is 7.72. The van der Waals surface area contributed by atoms with Crippen molar-refractivity contribution in [3.05, 3.63) is 29.3 Å². The summed E-state index contributed by atoms with van der Waals surface area (Å²) in [6, 6.07) is 5.45. The van der Waals surface area contributed by atoms with Crippen LogP contribution in [0.25, 0.3) is 0 Å². The van der Waals surface area contributed by atoms with Crippen molar-refractivity contribution in [2.24, 2.45) is 10.9 Å². The minimum atomic E-state index is -0.508. The van der Waals surface area contributed by atoms with Crippen molar-refractivity contribution >= 4 is 11.6 Å². The van der Waals surface area contributed by atoms with Gasteiger partial charge in [0.2, 0.25) is 0 Å². The Balaban J connectivity index is 2.28. The molecule has 1 aromatic carbocycles. The molecule has 0 radical (unpaired) electrons. The summed E-state index contributed by atoms with van der Waals surface area (Å²) in [6.45, 7) is -0.137. The van der Waals surface area contributed by atoms with Gasteiger partial charge in [-0.25, -0.2) is 0 Å². The monoisotopic (exact) mass is 220 g/mol. The van der Waals surface area contributed by atoms with Crippen LogP contribution >= 0.6 is 0 Å². The standard InChI is InChI=1S/C11H12N2O3/c12-11(14)6-16-10-3-1-2-7-8(10)4-5-9(7)13-15/h1-3,15H,4-6H2,(H2,12,14). The van der Waals surface area contributed by atoms with Crippen molar-refractivity contribution in [1.82, 2.24) is 0 Å². The first kappa shape index (κ1) is 10.5. The van der Waals surface area contributed by atoms with Crippen LogP contribution in [0.4, 0.5) is 0 Å². The molecule has 5 heteroatoms. The third-order valence-corrected chi connectivity index (χ3v) is 2.55. The molecule has 0 aliphatic heterocycles. The fraction of sp³-hybridized carbons (Fsp3) is 0.273. The number of hydrogen-bond donors (Lipinski definition) is 2. The molecule has 0 aromatic heterocycles. The highest BCUT2D eigenvalue weighted by molar-refractivity contribution is 6.04. The number of primary amides is 1. The summed E-state index contributed by atoms with van der Waals surface area (Å²) in [5.74, 6) is 0.126. The zero-order valence-electron chi connectivity index (χ0n) is 8.64. The lowest BCUT2D eigenvalue weighted by atomic mass is 10.1. The fourth-order valence-corrected chi connectivity index (χ4v) is 1.86. The maximum absolute atomic E-state index is 10.6. The molecule has 1 amide bonds. The van der Waals surface area contributed by atoms with Crippen LogP contribution in [0.2, 0.25) is 0 Å². The van der Waals surface area contributed by atoms with E-state index < -0.39 is 5.91 Å². The molecule has 0 fully saturated rings. The SMILES string of the molecule is NC(=O)COc1cccc2c1CCC2=NO. The summed E-state index contributed by atoms with van der Waals surface area (Å²) in [5, 5.41) is 12.0. The maximum atomic E-state index is 10.6. The first-order valence-corrected chi connectivity index (χ1v) is 4.96. The topological polar surface area (TPSA) is 84.9 Å². The zero-order valence-corrected chi connectivity index (χ0v) is 8.64. The molecule has 0 bridgehead atoms. The second-order valence-corrected chi connectivity index (χ2v) is 3.58. The number of amides is 1. The number of fused-ring (bicyclic) bond motifs is 1. The lowest BCUT2D eigenvalue weighted by molar-refractivity contribution is -0.119. The van der Waals surface area contributed by atoms with Crippen LogP contribution in [-0.2, 0) is 11.2 Å². The molecule has 5 nitrogen and oxygen atoms in total. The number of hydrogen-bond acceptors (Lipinski definition) is 4. The molecule has 0 spiro atoms. The number of carbonyl (C=O) groups excluding carboxylic acids is 1. The Labute approximate surface area is 92.5 Å². The first-order valence-electron chi connectivity index (χ1n) is 4.96. The summed E-state index contributed by atoms with van der Waals surface area (Å²) >= 11 is 0. The molecule has 0 unspecified atom stereocenters. The lowest BCUT2D eigenvalue weighted by Gasteiger charge is -2.08. The minimum Gasteiger partial charge on any atom is -0.483 e. The molecule has 3 N–H and O–H groups in total. The van der Waals surface area contributed by atoms with E-state index in [0.717, 1.165) is 17.5 Å². The van der Waals surface area contributed by atoms with Crippen molar-refractivity contribution in [2.75, 3.05) is 6.61 Å². The van der Waals surface area contributed by atoms with Crippen molar-refractivity contribution in [3.63, 3.8) is 0 Å². The van der Waals surface area contributed by atoms with Crippen LogP contribution in [0.15, 0.2) is 23.4 Å². The van der Waals surface area contributed by atoms with Gasteiger partial charge in [-0.15, -0.1) is 0 Å². The normalized spacial score (nSPS) is 16.1. The van der Waals surface area contributed by atoms with E-state index in [0.29, 0.717) is 17.9 Å². The molecular formula is C11H12N2O3. The van der Waals surface area contributed by atoms with Crippen LogP contribution in [0.5, 0.6) is 5.75 Å². The van der Waals surface area contributed by atoms with E-state index in [2.05, 4.69) is 5.16 Å². The Hall–Kier alpha value is -2.04. The molecule has 84 valence electrons. The van der Waals surface area contributed by atoms with Gasteiger partial charge in [-0.2, -0.15) is 0 Å². The number of rotatable bonds is 3. The summed E-state index contributed by atoms with van der Waals surface area (Å²) < 4.78 is 5.29. The Morgan fingerprint density at radius 2 is 2.31 bits per heavy atom. The molecule has 2 rings (SSSR count). The summed E-state index contributed by atoms with van der Waals surface area (Å²) in [5.41, 5.74) is 7.51. The van der Waals surface area contributed by atoms with Gasteiger partial charge < -0.3 is 15.7 Å². The van der Waals surface area contributed by atoms with Gasteiger partial charge in [0.15, 0.2) is 6.61 Å². The second-order valence-electron chi connectivity index (χ2n) is 3.58. The van der Waals surface area contributed by atoms with Gasteiger partial charge >= 0.3 is 0 Å². The summed E-state index contributed by atoms with van der Waals surface area (Å²) in [4.78, 5) is 10.6. The molecule has 0 saturated carbocycles. The highest BCUT2D eigenvalue weighted by Crippen LogP contribution is 2.30. The van der Waals surface area contributed by atoms with Gasteiger partial charge in [0.1, 0.15) is 5.75 Å². The summed E-state index contributed by atoms with van der Waals surface area (Å²) in [6.07, 6.45) is 1.44. The molecule has 0 heterocycles. The van der Waals surface area contributed by atoms with E-state index in [1.54, 1.807) is 12.1 Å². The van der Waals surface area contributed by atoms with Crippen LogP contribution in [0.1, 0.15) is 17.5 Å². The Bertz CT molecular complexity index is 455. The van der Waals surface area contributed by atoms with Gasteiger partial charge in [-0.3, -0.25) is 4.79 Å². The second kappa shape index (κ2) is 4.22. The average molecular weight is 220 g/mol. The Morgan fingerprint density at radius 3 is 3.00 bits per heavy atom.